The maximum atomic E-state index is 12.2. The minimum atomic E-state index is -0.270. The van der Waals surface area contributed by atoms with Gasteiger partial charge < -0.3 is 14.8 Å². The average molecular weight is 344 g/mol. The van der Waals surface area contributed by atoms with Gasteiger partial charge in [0.15, 0.2) is 0 Å². The van der Waals surface area contributed by atoms with Gasteiger partial charge in [-0.05, 0) is 23.6 Å². The summed E-state index contributed by atoms with van der Waals surface area (Å²) in [4.78, 5) is 15.9. The molecule has 3 rings (SSSR count). The molecule has 0 spiro atoms. The highest BCUT2D eigenvalue weighted by Crippen LogP contribution is 2.30. The number of aromatic nitrogens is 3. The highest BCUT2D eigenvalue weighted by atomic mass is 32.1. The standard InChI is InChI=1S/C16H16N4O3S/c1-22-10-5-6-12(14(8-10)23-2)17-16-18-15(21)13(19-20-16)9-11-4-3-7-24-11/h3-8H,9H2,1-2H3,(H2,17,18,20,21). The van der Waals surface area contributed by atoms with E-state index in [0.717, 1.165) is 4.88 Å². The smallest absolute Gasteiger partial charge is 0.274 e. The summed E-state index contributed by atoms with van der Waals surface area (Å²) in [5.74, 6) is 1.49. The minimum Gasteiger partial charge on any atom is -0.497 e. The maximum Gasteiger partial charge on any atom is 0.274 e. The van der Waals surface area contributed by atoms with Crippen LogP contribution in [0.5, 0.6) is 11.5 Å². The zero-order chi connectivity index (χ0) is 16.9. The number of thiophene rings is 1. The van der Waals surface area contributed by atoms with Crippen molar-refractivity contribution in [3.05, 3.63) is 56.6 Å². The predicted molar refractivity (Wildman–Crippen MR) is 92.6 cm³/mol. The lowest BCUT2D eigenvalue weighted by Gasteiger charge is -2.11. The Balaban J connectivity index is 1.81. The molecule has 0 unspecified atom stereocenters. The molecule has 0 aliphatic rings. The van der Waals surface area contributed by atoms with Crippen molar-refractivity contribution in [3.8, 4) is 11.5 Å². The van der Waals surface area contributed by atoms with Gasteiger partial charge in [0.25, 0.3) is 5.56 Å². The van der Waals surface area contributed by atoms with E-state index in [1.165, 1.54) is 0 Å². The van der Waals surface area contributed by atoms with E-state index in [1.54, 1.807) is 43.8 Å². The number of rotatable bonds is 6. The fourth-order valence-electron chi connectivity index (χ4n) is 2.14. The number of ether oxygens (including phenoxy) is 2. The molecule has 3 aromatic rings. The summed E-state index contributed by atoms with van der Waals surface area (Å²) in [6.07, 6.45) is 0.464. The molecule has 0 atom stereocenters. The van der Waals surface area contributed by atoms with Gasteiger partial charge in [-0.25, -0.2) is 0 Å². The second-order valence-electron chi connectivity index (χ2n) is 4.90. The van der Waals surface area contributed by atoms with E-state index in [0.29, 0.717) is 29.3 Å². The largest absolute Gasteiger partial charge is 0.497 e. The van der Waals surface area contributed by atoms with E-state index in [2.05, 4.69) is 20.5 Å². The molecule has 0 aliphatic carbocycles. The lowest BCUT2D eigenvalue weighted by Crippen LogP contribution is -2.18. The molecule has 2 aromatic heterocycles. The molecule has 7 nitrogen and oxygen atoms in total. The average Bonchev–Trinajstić information content (AvgIpc) is 3.11. The minimum absolute atomic E-state index is 0.249. The molecule has 0 saturated heterocycles. The third kappa shape index (κ3) is 3.54. The van der Waals surface area contributed by atoms with Crippen LogP contribution in [0.4, 0.5) is 11.6 Å². The Hall–Kier alpha value is -2.87. The normalized spacial score (nSPS) is 10.4. The summed E-state index contributed by atoms with van der Waals surface area (Å²) < 4.78 is 10.5. The Kier molecular flexibility index (Phi) is 4.76. The fraction of sp³-hybridized carbons (Fsp3) is 0.188. The summed E-state index contributed by atoms with van der Waals surface area (Å²) >= 11 is 1.58. The van der Waals surface area contributed by atoms with E-state index in [4.69, 9.17) is 9.47 Å². The van der Waals surface area contributed by atoms with Crippen molar-refractivity contribution in [1.82, 2.24) is 15.2 Å². The second-order valence-corrected chi connectivity index (χ2v) is 5.93. The lowest BCUT2D eigenvalue weighted by atomic mass is 10.2. The topological polar surface area (TPSA) is 89.1 Å². The molecule has 0 radical (unpaired) electrons. The summed E-state index contributed by atoms with van der Waals surface area (Å²) in [6, 6.07) is 9.19. The Morgan fingerprint density at radius 2 is 2.08 bits per heavy atom. The van der Waals surface area contributed by atoms with E-state index in [9.17, 15) is 4.79 Å². The Morgan fingerprint density at radius 1 is 1.21 bits per heavy atom. The lowest BCUT2D eigenvalue weighted by molar-refractivity contribution is 0.395. The van der Waals surface area contributed by atoms with Gasteiger partial charge in [0, 0.05) is 17.4 Å². The molecule has 8 heteroatoms. The van der Waals surface area contributed by atoms with E-state index in [1.807, 2.05) is 17.5 Å². The monoisotopic (exact) mass is 344 g/mol. The fourth-order valence-corrected chi connectivity index (χ4v) is 2.85. The molecule has 0 amide bonds. The number of methoxy groups -OCH3 is 2. The van der Waals surface area contributed by atoms with Gasteiger partial charge in [0.2, 0.25) is 5.95 Å². The number of benzene rings is 1. The molecule has 2 N–H and O–H groups in total. The number of anilines is 2. The van der Waals surface area contributed by atoms with Crippen LogP contribution in [0.25, 0.3) is 0 Å². The molecule has 0 bridgehead atoms. The van der Waals surface area contributed by atoms with Crippen molar-refractivity contribution < 1.29 is 9.47 Å². The highest BCUT2D eigenvalue weighted by Gasteiger charge is 2.10. The molecule has 2 heterocycles. The van der Waals surface area contributed by atoms with Crippen LogP contribution in [0, 0.1) is 0 Å². The summed E-state index contributed by atoms with van der Waals surface area (Å²) in [7, 11) is 3.13. The summed E-state index contributed by atoms with van der Waals surface area (Å²) in [5, 5.41) is 13.0. The zero-order valence-electron chi connectivity index (χ0n) is 13.2. The number of nitrogens with zero attached hydrogens (tertiary/aromatic N) is 2. The molecular weight excluding hydrogens is 328 g/mol. The number of nitrogens with one attached hydrogen (secondary N) is 2. The van der Waals surface area contributed by atoms with E-state index in [-0.39, 0.29) is 11.5 Å². The number of H-pyrrole nitrogens is 1. The van der Waals surface area contributed by atoms with Crippen LogP contribution in [0.2, 0.25) is 0 Å². The SMILES string of the molecule is COc1ccc(Nc2nnc(Cc3cccs3)c(=O)[nH]2)c(OC)c1. The molecule has 24 heavy (non-hydrogen) atoms. The quantitative estimate of drug-likeness (QED) is 0.714. The van der Waals surface area contributed by atoms with Crippen molar-refractivity contribution in [2.45, 2.75) is 6.42 Å². The summed E-state index contributed by atoms with van der Waals surface area (Å²) in [6.45, 7) is 0. The Morgan fingerprint density at radius 3 is 2.75 bits per heavy atom. The Bertz CT molecular complexity index is 877. The first-order valence-corrected chi connectivity index (χ1v) is 8.05. The van der Waals surface area contributed by atoms with Gasteiger partial charge in [-0.2, -0.15) is 0 Å². The molecule has 1 aromatic carbocycles. The van der Waals surface area contributed by atoms with Crippen molar-refractivity contribution in [1.29, 1.82) is 0 Å². The van der Waals surface area contributed by atoms with Crippen molar-refractivity contribution >= 4 is 23.0 Å². The first-order valence-electron chi connectivity index (χ1n) is 7.17. The molecule has 124 valence electrons. The number of hydrogen-bond donors (Lipinski definition) is 2. The third-order valence-electron chi connectivity index (χ3n) is 3.35. The van der Waals surface area contributed by atoms with Crippen LogP contribution in [-0.4, -0.2) is 29.4 Å². The van der Waals surface area contributed by atoms with Crippen LogP contribution < -0.4 is 20.3 Å². The molecule has 0 aliphatic heterocycles. The zero-order valence-corrected chi connectivity index (χ0v) is 14.0. The third-order valence-corrected chi connectivity index (χ3v) is 4.22. The molecule has 0 saturated carbocycles. The van der Waals surface area contributed by atoms with Gasteiger partial charge in [0.1, 0.15) is 17.2 Å². The van der Waals surface area contributed by atoms with Gasteiger partial charge >= 0.3 is 0 Å². The summed E-state index contributed by atoms with van der Waals surface area (Å²) in [5.41, 5.74) is 0.757. The van der Waals surface area contributed by atoms with Crippen molar-refractivity contribution in [3.63, 3.8) is 0 Å². The van der Waals surface area contributed by atoms with Gasteiger partial charge in [-0.1, -0.05) is 6.07 Å². The maximum absolute atomic E-state index is 12.2. The van der Waals surface area contributed by atoms with Gasteiger partial charge in [0.05, 0.1) is 19.9 Å². The molecular formula is C16H16N4O3S. The first kappa shape index (κ1) is 16.0. The predicted octanol–water partition coefficient (Wildman–Crippen LogP) is 2.58. The van der Waals surface area contributed by atoms with E-state index < -0.39 is 0 Å². The molecule has 0 fully saturated rings. The van der Waals surface area contributed by atoms with Gasteiger partial charge in [-0.15, -0.1) is 21.5 Å². The highest BCUT2D eigenvalue weighted by molar-refractivity contribution is 7.09. The first-order chi connectivity index (χ1) is 11.7. The van der Waals surface area contributed by atoms with Crippen LogP contribution in [-0.2, 0) is 6.42 Å². The van der Waals surface area contributed by atoms with Crippen LogP contribution in [0.15, 0.2) is 40.5 Å². The number of hydrogen-bond acceptors (Lipinski definition) is 7. The second kappa shape index (κ2) is 7.14. The number of aromatic amines is 1. The van der Waals surface area contributed by atoms with Gasteiger partial charge in [-0.3, -0.25) is 9.78 Å². The van der Waals surface area contributed by atoms with Crippen molar-refractivity contribution in [2.75, 3.05) is 19.5 Å². The van der Waals surface area contributed by atoms with Crippen LogP contribution in [0.3, 0.4) is 0 Å². The van der Waals surface area contributed by atoms with E-state index >= 15 is 0 Å². The Labute approximate surface area is 142 Å². The van der Waals surface area contributed by atoms with Crippen LogP contribution >= 0.6 is 11.3 Å². The van der Waals surface area contributed by atoms with Crippen molar-refractivity contribution in [2.24, 2.45) is 0 Å². The van der Waals surface area contributed by atoms with Crippen LogP contribution in [0.1, 0.15) is 10.6 Å².